The fourth-order valence-corrected chi connectivity index (χ4v) is 6.01. The molecule has 0 spiro atoms. The Hall–Kier alpha value is -2.21. The first-order valence-electron chi connectivity index (χ1n) is 9.17. The maximum atomic E-state index is 11.9. The molecule has 7 nitrogen and oxygen atoms in total. The number of anilines is 2. The minimum absolute atomic E-state index is 0.168. The van der Waals surface area contributed by atoms with Crippen LogP contribution in [0.15, 0.2) is 58.5 Å². The number of sulfonamides is 1. The van der Waals surface area contributed by atoms with Crippen LogP contribution in [0.5, 0.6) is 5.75 Å². The van der Waals surface area contributed by atoms with E-state index in [9.17, 15) is 8.42 Å². The lowest BCUT2D eigenvalue weighted by molar-refractivity contribution is 0.417. The highest BCUT2D eigenvalue weighted by molar-refractivity contribution is 9.10. The van der Waals surface area contributed by atoms with Crippen molar-refractivity contribution in [1.29, 1.82) is 0 Å². The predicted octanol–water partition coefficient (Wildman–Crippen LogP) is 4.46. The Kier molecular flexibility index (Phi) is 6.20. The molecule has 3 heterocycles. The fraction of sp³-hybridized carbons (Fsp3) is 0.200. The van der Waals surface area contributed by atoms with Gasteiger partial charge in [0.15, 0.2) is 5.11 Å². The Labute approximate surface area is 198 Å². The molecule has 3 aromatic rings. The lowest BCUT2D eigenvalue weighted by Gasteiger charge is -2.27. The van der Waals surface area contributed by atoms with Crippen molar-refractivity contribution in [3.8, 4) is 5.75 Å². The number of aromatic nitrogens is 1. The molecule has 1 aliphatic rings. The summed E-state index contributed by atoms with van der Waals surface area (Å²) < 4.78 is 32.6. The second-order valence-corrected chi connectivity index (χ2v) is 10.9. The van der Waals surface area contributed by atoms with Crippen LogP contribution in [0.2, 0.25) is 0 Å². The highest BCUT2D eigenvalue weighted by Gasteiger charge is 2.41. The molecule has 1 aromatic carbocycles. The highest BCUT2D eigenvalue weighted by Crippen LogP contribution is 2.45. The molecule has 2 N–H and O–H groups in total. The first-order valence-corrected chi connectivity index (χ1v) is 13.1. The number of thiocarbonyl (C=S) groups is 1. The number of pyridine rings is 1. The molecule has 1 aliphatic heterocycles. The summed E-state index contributed by atoms with van der Waals surface area (Å²) in [6.07, 6.45) is 2.86. The van der Waals surface area contributed by atoms with Crippen molar-refractivity contribution in [1.82, 2.24) is 10.3 Å². The van der Waals surface area contributed by atoms with Gasteiger partial charge in [-0.1, -0.05) is 6.07 Å². The molecule has 162 valence electrons. The smallest absolute Gasteiger partial charge is 0.229 e. The standard InChI is InChI=1S/C20H19BrN4O3S3/c1-28-16-7-6-13(10-15(16)24-31(2,26)27)25-19(17-9-12(21)11-30-17)18(23-20(25)29)14-5-3-4-8-22-14/h3-11,18-19,24H,1-2H3,(H,23,29). The lowest BCUT2D eigenvalue weighted by Crippen LogP contribution is -2.29. The minimum atomic E-state index is -3.49. The molecular formula is C20H19BrN4O3S3. The molecule has 2 atom stereocenters. The number of benzene rings is 1. The van der Waals surface area contributed by atoms with Gasteiger partial charge < -0.3 is 15.0 Å². The summed E-state index contributed by atoms with van der Waals surface area (Å²) in [7, 11) is -2.00. The molecule has 31 heavy (non-hydrogen) atoms. The maximum absolute atomic E-state index is 11.9. The summed E-state index contributed by atoms with van der Waals surface area (Å²) in [5, 5.41) is 5.94. The largest absolute Gasteiger partial charge is 0.495 e. The van der Waals surface area contributed by atoms with Crippen LogP contribution in [-0.4, -0.2) is 31.9 Å². The van der Waals surface area contributed by atoms with Gasteiger partial charge in [0.1, 0.15) is 5.75 Å². The maximum Gasteiger partial charge on any atom is 0.229 e. The van der Waals surface area contributed by atoms with Gasteiger partial charge >= 0.3 is 0 Å². The van der Waals surface area contributed by atoms with Gasteiger partial charge in [-0.05, 0) is 64.5 Å². The number of nitrogens with zero attached hydrogens (tertiary/aromatic N) is 2. The Bertz CT molecular complexity index is 1220. The van der Waals surface area contributed by atoms with Crippen LogP contribution in [0, 0.1) is 0 Å². The van der Waals surface area contributed by atoms with Gasteiger partial charge in [0.25, 0.3) is 0 Å². The van der Waals surface area contributed by atoms with Crippen molar-refractivity contribution >= 4 is 66.0 Å². The number of thiophene rings is 1. The van der Waals surface area contributed by atoms with Gasteiger partial charge in [0.2, 0.25) is 10.0 Å². The summed E-state index contributed by atoms with van der Waals surface area (Å²) >= 11 is 10.9. The van der Waals surface area contributed by atoms with Crippen molar-refractivity contribution in [2.24, 2.45) is 0 Å². The van der Waals surface area contributed by atoms with E-state index < -0.39 is 10.0 Å². The normalized spacial score (nSPS) is 18.7. The van der Waals surface area contributed by atoms with Crippen LogP contribution >= 0.6 is 39.5 Å². The fourth-order valence-electron chi connectivity index (χ4n) is 3.53. The number of methoxy groups -OCH3 is 1. The van der Waals surface area contributed by atoms with Gasteiger partial charge in [-0.25, -0.2) is 8.42 Å². The summed E-state index contributed by atoms with van der Waals surface area (Å²) in [6.45, 7) is 0. The zero-order valence-electron chi connectivity index (χ0n) is 16.6. The van der Waals surface area contributed by atoms with Crippen molar-refractivity contribution in [3.05, 3.63) is 69.1 Å². The molecule has 0 amide bonds. The molecular weight excluding hydrogens is 520 g/mol. The second kappa shape index (κ2) is 8.73. The molecule has 0 bridgehead atoms. The molecule has 2 aromatic heterocycles. The van der Waals surface area contributed by atoms with Crippen LogP contribution in [0.25, 0.3) is 0 Å². The summed E-state index contributed by atoms with van der Waals surface area (Å²) in [5.41, 5.74) is 1.94. The van der Waals surface area contributed by atoms with Gasteiger partial charge in [-0.3, -0.25) is 9.71 Å². The lowest BCUT2D eigenvalue weighted by atomic mass is 10.0. The van der Waals surface area contributed by atoms with E-state index in [-0.39, 0.29) is 12.1 Å². The Morgan fingerprint density at radius 1 is 1.29 bits per heavy atom. The monoisotopic (exact) mass is 538 g/mol. The molecule has 1 saturated heterocycles. The Morgan fingerprint density at radius 3 is 2.71 bits per heavy atom. The van der Waals surface area contributed by atoms with Gasteiger partial charge in [-0.2, -0.15) is 0 Å². The predicted molar refractivity (Wildman–Crippen MR) is 131 cm³/mol. The van der Waals surface area contributed by atoms with Gasteiger partial charge in [-0.15, -0.1) is 11.3 Å². The summed E-state index contributed by atoms with van der Waals surface area (Å²) in [5.74, 6) is 0.420. The van der Waals surface area contributed by atoms with Gasteiger partial charge in [0.05, 0.1) is 36.8 Å². The number of rotatable bonds is 6. The third-order valence-electron chi connectivity index (χ3n) is 4.73. The van der Waals surface area contributed by atoms with Crippen molar-refractivity contribution in [2.45, 2.75) is 12.1 Å². The number of ether oxygens (including phenoxy) is 1. The van der Waals surface area contributed by atoms with Crippen LogP contribution < -0.4 is 19.7 Å². The highest BCUT2D eigenvalue weighted by atomic mass is 79.9. The van der Waals surface area contributed by atoms with E-state index in [1.54, 1.807) is 29.7 Å². The zero-order chi connectivity index (χ0) is 22.2. The molecule has 4 rings (SSSR count). The van der Waals surface area contributed by atoms with Crippen LogP contribution in [-0.2, 0) is 10.0 Å². The third kappa shape index (κ3) is 4.69. The summed E-state index contributed by atoms with van der Waals surface area (Å²) in [6, 6.07) is 12.8. The van der Waals surface area contributed by atoms with E-state index >= 15 is 0 Å². The van der Waals surface area contributed by atoms with Crippen LogP contribution in [0.1, 0.15) is 22.7 Å². The Morgan fingerprint density at radius 2 is 2.10 bits per heavy atom. The number of halogens is 1. The van der Waals surface area contributed by atoms with Crippen molar-refractivity contribution in [2.75, 3.05) is 23.0 Å². The van der Waals surface area contributed by atoms with E-state index in [0.29, 0.717) is 16.5 Å². The zero-order valence-corrected chi connectivity index (χ0v) is 20.6. The van der Waals surface area contributed by atoms with E-state index in [4.69, 9.17) is 17.0 Å². The quantitative estimate of drug-likeness (QED) is 0.448. The van der Waals surface area contributed by atoms with Crippen LogP contribution in [0.4, 0.5) is 11.4 Å². The Balaban J connectivity index is 1.82. The van der Waals surface area contributed by atoms with E-state index in [1.165, 1.54) is 7.11 Å². The average molecular weight is 540 g/mol. The molecule has 0 radical (unpaired) electrons. The van der Waals surface area contributed by atoms with E-state index in [0.717, 1.165) is 27.0 Å². The first kappa shape index (κ1) is 22.0. The van der Waals surface area contributed by atoms with Gasteiger partial charge in [0, 0.05) is 26.6 Å². The molecule has 0 aliphatic carbocycles. The molecule has 0 saturated carbocycles. The van der Waals surface area contributed by atoms with Crippen molar-refractivity contribution < 1.29 is 13.2 Å². The minimum Gasteiger partial charge on any atom is -0.495 e. The molecule has 1 fully saturated rings. The SMILES string of the molecule is COc1ccc(N2C(=S)NC(c3ccccn3)C2c2cc(Br)cs2)cc1NS(C)(=O)=O. The molecule has 2 unspecified atom stereocenters. The van der Waals surface area contributed by atoms with E-state index in [1.807, 2.05) is 34.5 Å². The first-order chi connectivity index (χ1) is 14.8. The van der Waals surface area contributed by atoms with E-state index in [2.05, 4.69) is 37.0 Å². The topological polar surface area (TPSA) is 83.6 Å². The van der Waals surface area contributed by atoms with Crippen LogP contribution in [0.3, 0.4) is 0 Å². The van der Waals surface area contributed by atoms with Crippen molar-refractivity contribution in [3.63, 3.8) is 0 Å². The number of hydrogen-bond acceptors (Lipinski definition) is 6. The number of nitrogens with one attached hydrogen (secondary N) is 2. The molecule has 11 heteroatoms. The third-order valence-corrected chi connectivity index (χ3v) is 7.40. The average Bonchev–Trinajstić information content (AvgIpc) is 3.30. The summed E-state index contributed by atoms with van der Waals surface area (Å²) in [4.78, 5) is 7.60. The number of hydrogen-bond donors (Lipinski definition) is 2. The second-order valence-electron chi connectivity index (χ2n) is 6.92.